The zero-order valence-corrected chi connectivity index (χ0v) is 16.6. The van der Waals surface area contributed by atoms with E-state index in [0.717, 1.165) is 29.8 Å². The molecule has 0 aliphatic heterocycles. The molecule has 1 amide bonds. The zero-order chi connectivity index (χ0) is 20.6. The molecule has 2 aromatic carbocycles. The number of nitriles is 1. The Balaban J connectivity index is 1.46. The smallest absolute Gasteiger partial charge is 0.263 e. The lowest BCUT2D eigenvalue weighted by Crippen LogP contribution is -2.38. The van der Waals surface area contributed by atoms with Crippen LogP contribution in [0.15, 0.2) is 60.7 Å². The highest BCUT2D eigenvalue weighted by Crippen LogP contribution is 2.18. The predicted octanol–water partition coefficient (Wildman–Crippen LogP) is 3.81. The molecule has 6 heteroatoms. The summed E-state index contributed by atoms with van der Waals surface area (Å²) >= 11 is 0. The number of nitrogens with one attached hydrogen (secondary N) is 1. The van der Waals surface area contributed by atoms with Gasteiger partial charge in [-0.15, -0.1) is 0 Å². The maximum Gasteiger partial charge on any atom is 0.263 e. The van der Waals surface area contributed by atoms with E-state index in [1.54, 1.807) is 43.1 Å². The van der Waals surface area contributed by atoms with Gasteiger partial charge in [-0.3, -0.25) is 9.89 Å². The Labute approximate surface area is 170 Å². The van der Waals surface area contributed by atoms with Crippen molar-refractivity contribution in [2.24, 2.45) is 0 Å². The zero-order valence-electron chi connectivity index (χ0n) is 16.6. The van der Waals surface area contributed by atoms with Crippen molar-refractivity contribution < 1.29 is 9.53 Å². The first kappa shape index (κ1) is 20.2. The van der Waals surface area contributed by atoms with Crippen molar-refractivity contribution in [2.45, 2.75) is 25.9 Å². The fraction of sp³-hybridized carbons (Fsp3) is 0.261. The molecule has 1 heterocycles. The van der Waals surface area contributed by atoms with Gasteiger partial charge in [-0.1, -0.05) is 30.3 Å². The number of likely N-dealkylation sites (N-methyl/N-ethyl adjacent to an activating group) is 1. The quantitative estimate of drug-likeness (QED) is 0.636. The van der Waals surface area contributed by atoms with Crippen LogP contribution in [0.1, 0.15) is 24.6 Å². The first-order chi connectivity index (χ1) is 14.1. The minimum atomic E-state index is -0.593. The number of hydrogen-bond donors (Lipinski definition) is 1. The third-order valence-electron chi connectivity index (χ3n) is 4.66. The average molecular weight is 388 g/mol. The molecule has 6 nitrogen and oxygen atoms in total. The van der Waals surface area contributed by atoms with Gasteiger partial charge in [0, 0.05) is 24.8 Å². The number of aromatic amines is 1. The highest BCUT2D eigenvalue weighted by Gasteiger charge is 2.19. The second kappa shape index (κ2) is 9.56. The number of benzene rings is 2. The van der Waals surface area contributed by atoms with Crippen LogP contribution in [-0.2, 0) is 11.2 Å². The fourth-order valence-corrected chi connectivity index (χ4v) is 3.04. The van der Waals surface area contributed by atoms with Crippen LogP contribution < -0.4 is 4.74 Å². The molecule has 1 atom stereocenters. The van der Waals surface area contributed by atoms with Gasteiger partial charge in [-0.05, 0) is 50.1 Å². The molecule has 0 radical (unpaired) electrons. The van der Waals surface area contributed by atoms with Gasteiger partial charge in [-0.2, -0.15) is 10.4 Å². The van der Waals surface area contributed by atoms with E-state index in [4.69, 9.17) is 10.00 Å². The van der Waals surface area contributed by atoms with E-state index in [1.165, 1.54) is 0 Å². The van der Waals surface area contributed by atoms with E-state index in [9.17, 15) is 4.79 Å². The van der Waals surface area contributed by atoms with Gasteiger partial charge in [0.25, 0.3) is 5.91 Å². The molecular formula is C23H24N4O2. The molecule has 29 heavy (non-hydrogen) atoms. The topological polar surface area (TPSA) is 82.0 Å². The summed E-state index contributed by atoms with van der Waals surface area (Å²) in [5, 5.41) is 16.3. The summed E-state index contributed by atoms with van der Waals surface area (Å²) in [5.41, 5.74) is 3.61. The summed E-state index contributed by atoms with van der Waals surface area (Å²) in [7, 11) is 1.78. The molecule has 148 valence electrons. The number of rotatable bonds is 8. The van der Waals surface area contributed by atoms with E-state index in [0.29, 0.717) is 17.9 Å². The Kier molecular flexibility index (Phi) is 6.64. The number of amides is 1. The van der Waals surface area contributed by atoms with E-state index in [1.807, 2.05) is 36.4 Å². The Bertz CT molecular complexity index is 974. The molecule has 1 N–H and O–H groups in total. The predicted molar refractivity (Wildman–Crippen MR) is 111 cm³/mol. The molecular weight excluding hydrogens is 364 g/mol. The van der Waals surface area contributed by atoms with Crippen molar-refractivity contribution in [2.75, 3.05) is 13.6 Å². The van der Waals surface area contributed by atoms with Gasteiger partial charge in [0.05, 0.1) is 17.3 Å². The minimum absolute atomic E-state index is 0.0797. The number of H-pyrrole nitrogens is 1. The second-order valence-corrected chi connectivity index (χ2v) is 6.90. The molecule has 0 spiro atoms. The summed E-state index contributed by atoms with van der Waals surface area (Å²) in [6.07, 6.45) is 1.04. The van der Waals surface area contributed by atoms with E-state index >= 15 is 0 Å². The summed E-state index contributed by atoms with van der Waals surface area (Å²) in [6.45, 7) is 2.36. The van der Waals surface area contributed by atoms with Crippen LogP contribution in [0.2, 0.25) is 0 Å². The van der Waals surface area contributed by atoms with E-state index < -0.39 is 6.10 Å². The fourth-order valence-electron chi connectivity index (χ4n) is 3.04. The highest BCUT2D eigenvalue weighted by molar-refractivity contribution is 5.80. The number of carbonyl (C=O) groups excluding carboxylic acids is 1. The molecule has 3 aromatic rings. The van der Waals surface area contributed by atoms with Crippen molar-refractivity contribution in [1.82, 2.24) is 15.1 Å². The average Bonchev–Trinajstić information content (AvgIpc) is 3.23. The summed E-state index contributed by atoms with van der Waals surface area (Å²) in [6, 6.07) is 20.9. The third kappa shape index (κ3) is 5.45. The van der Waals surface area contributed by atoms with Crippen LogP contribution in [-0.4, -0.2) is 40.7 Å². The number of hydrogen-bond acceptors (Lipinski definition) is 4. The third-order valence-corrected chi connectivity index (χ3v) is 4.66. The van der Waals surface area contributed by atoms with Crippen molar-refractivity contribution in [1.29, 1.82) is 5.26 Å². The van der Waals surface area contributed by atoms with Gasteiger partial charge in [0.15, 0.2) is 6.10 Å². The molecule has 0 saturated heterocycles. The SMILES string of the molecule is CC(Oc1ccc(C#N)cc1)C(=O)N(C)CCCc1cc(-c2ccccc2)n[nH]1. The lowest BCUT2D eigenvalue weighted by atomic mass is 10.1. The summed E-state index contributed by atoms with van der Waals surface area (Å²) < 4.78 is 5.70. The van der Waals surface area contributed by atoms with Gasteiger partial charge in [0.2, 0.25) is 0 Å². The number of aromatic nitrogens is 2. The van der Waals surface area contributed by atoms with Crippen LogP contribution in [0.3, 0.4) is 0 Å². The van der Waals surface area contributed by atoms with E-state index in [2.05, 4.69) is 16.3 Å². The van der Waals surface area contributed by atoms with Gasteiger partial charge in [-0.25, -0.2) is 0 Å². The first-order valence-electron chi connectivity index (χ1n) is 9.58. The van der Waals surface area contributed by atoms with Crippen LogP contribution in [0.4, 0.5) is 0 Å². The van der Waals surface area contributed by atoms with Gasteiger partial charge < -0.3 is 9.64 Å². The first-order valence-corrected chi connectivity index (χ1v) is 9.58. The Morgan fingerprint density at radius 2 is 1.93 bits per heavy atom. The Morgan fingerprint density at radius 1 is 1.21 bits per heavy atom. The van der Waals surface area contributed by atoms with Crippen molar-refractivity contribution in [3.63, 3.8) is 0 Å². The highest BCUT2D eigenvalue weighted by atomic mass is 16.5. The number of ether oxygens (including phenoxy) is 1. The maximum absolute atomic E-state index is 12.5. The number of aryl methyl sites for hydroxylation is 1. The van der Waals surface area contributed by atoms with Crippen molar-refractivity contribution >= 4 is 5.91 Å². The van der Waals surface area contributed by atoms with Crippen molar-refractivity contribution in [3.8, 4) is 23.1 Å². The molecule has 1 aromatic heterocycles. The van der Waals surface area contributed by atoms with Crippen LogP contribution >= 0.6 is 0 Å². The number of carbonyl (C=O) groups is 1. The summed E-state index contributed by atoms with van der Waals surface area (Å²) in [4.78, 5) is 14.2. The van der Waals surface area contributed by atoms with Gasteiger partial charge in [0.1, 0.15) is 5.75 Å². The Morgan fingerprint density at radius 3 is 2.62 bits per heavy atom. The minimum Gasteiger partial charge on any atom is -0.481 e. The normalized spacial score (nSPS) is 11.5. The lowest BCUT2D eigenvalue weighted by Gasteiger charge is -2.22. The number of nitrogens with zero attached hydrogens (tertiary/aromatic N) is 3. The van der Waals surface area contributed by atoms with Gasteiger partial charge >= 0.3 is 0 Å². The molecule has 3 rings (SSSR count). The molecule has 0 fully saturated rings. The molecule has 1 unspecified atom stereocenters. The monoisotopic (exact) mass is 388 g/mol. The molecule has 0 aliphatic rings. The molecule has 0 bridgehead atoms. The molecule has 0 saturated carbocycles. The summed E-state index contributed by atoms with van der Waals surface area (Å²) in [5.74, 6) is 0.494. The maximum atomic E-state index is 12.5. The van der Waals surface area contributed by atoms with Crippen LogP contribution in [0.25, 0.3) is 11.3 Å². The molecule has 0 aliphatic carbocycles. The van der Waals surface area contributed by atoms with Crippen LogP contribution in [0.5, 0.6) is 5.75 Å². The second-order valence-electron chi connectivity index (χ2n) is 6.90. The lowest BCUT2D eigenvalue weighted by molar-refractivity contribution is -0.136. The van der Waals surface area contributed by atoms with E-state index in [-0.39, 0.29) is 5.91 Å². The van der Waals surface area contributed by atoms with Crippen molar-refractivity contribution in [3.05, 3.63) is 71.9 Å². The van der Waals surface area contributed by atoms with Crippen LogP contribution in [0, 0.1) is 11.3 Å². The Hall–Kier alpha value is -3.59. The standard InChI is InChI=1S/C23H24N4O2/c1-17(29-21-12-10-18(16-24)11-13-21)23(28)27(2)14-6-9-20-15-22(26-25-20)19-7-4-3-5-8-19/h3-5,7-8,10-13,15,17H,6,9,14H2,1-2H3,(H,25,26). The largest absolute Gasteiger partial charge is 0.481 e.